The predicted octanol–water partition coefficient (Wildman–Crippen LogP) is 2.37. The molecule has 1 aromatic carbocycles. The maximum Gasteiger partial charge on any atom is 0.254 e. The molecule has 1 aliphatic heterocycles. The van der Waals surface area contributed by atoms with Crippen LogP contribution in [-0.4, -0.2) is 44.0 Å². The largest absolute Gasteiger partial charge is 0.378 e. The number of carbonyl (C=O) groups excluding carboxylic acids is 1. The van der Waals surface area contributed by atoms with Crippen LogP contribution >= 0.6 is 12.4 Å². The van der Waals surface area contributed by atoms with Gasteiger partial charge in [-0.3, -0.25) is 4.79 Å². The number of hydrogen-bond donors (Lipinski definition) is 1. The van der Waals surface area contributed by atoms with Gasteiger partial charge in [0.15, 0.2) is 0 Å². The van der Waals surface area contributed by atoms with Crippen LogP contribution in [0.5, 0.6) is 0 Å². The van der Waals surface area contributed by atoms with E-state index in [0.29, 0.717) is 12.5 Å². The first-order valence-corrected chi connectivity index (χ1v) is 7.33. The van der Waals surface area contributed by atoms with Gasteiger partial charge >= 0.3 is 0 Å². The molecule has 5 heteroatoms. The molecule has 118 valence electrons. The van der Waals surface area contributed by atoms with Crippen molar-refractivity contribution in [3.05, 3.63) is 29.8 Å². The third-order valence-corrected chi connectivity index (χ3v) is 4.23. The lowest BCUT2D eigenvalue weighted by Crippen LogP contribution is -2.51. The Bertz CT molecular complexity index is 478. The Morgan fingerprint density at radius 3 is 2.76 bits per heavy atom. The lowest BCUT2D eigenvalue weighted by Gasteiger charge is -2.39. The number of nitrogens with two attached hydrogens (primary N) is 1. The van der Waals surface area contributed by atoms with Crippen molar-refractivity contribution < 1.29 is 4.79 Å². The zero-order chi connectivity index (χ0) is 14.7. The van der Waals surface area contributed by atoms with E-state index in [9.17, 15) is 4.79 Å². The van der Waals surface area contributed by atoms with E-state index in [1.165, 1.54) is 0 Å². The lowest BCUT2D eigenvalue weighted by atomic mass is 9.90. The van der Waals surface area contributed by atoms with Crippen molar-refractivity contribution in [1.82, 2.24) is 4.90 Å². The number of hydrogen-bond acceptors (Lipinski definition) is 3. The van der Waals surface area contributed by atoms with Crippen LogP contribution in [0.1, 0.15) is 30.1 Å². The fourth-order valence-corrected chi connectivity index (χ4v) is 2.94. The second-order valence-electron chi connectivity index (χ2n) is 5.87. The topological polar surface area (TPSA) is 49.6 Å². The molecule has 1 fully saturated rings. The van der Waals surface area contributed by atoms with E-state index in [1.807, 2.05) is 48.2 Å². The summed E-state index contributed by atoms with van der Waals surface area (Å²) in [5.74, 6) is 0.588. The summed E-state index contributed by atoms with van der Waals surface area (Å²) in [5.41, 5.74) is 7.68. The molecular weight excluding hydrogens is 286 g/mol. The molecule has 1 aliphatic rings. The Hall–Kier alpha value is -1.26. The predicted molar refractivity (Wildman–Crippen MR) is 90.3 cm³/mol. The van der Waals surface area contributed by atoms with E-state index in [4.69, 9.17) is 5.73 Å². The SMILES string of the molecule is CC1CCCN(C(=O)c2cccc(N(C)C)c2)C1CN.Cl. The maximum absolute atomic E-state index is 12.7. The van der Waals surface area contributed by atoms with Gasteiger partial charge in [0.2, 0.25) is 0 Å². The van der Waals surface area contributed by atoms with E-state index in [2.05, 4.69) is 6.92 Å². The number of anilines is 1. The first-order chi connectivity index (χ1) is 9.54. The number of nitrogens with zero attached hydrogens (tertiary/aromatic N) is 2. The van der Waals surface area contributed by atoms with E-state index in [1.54, 1.807) is 0 Å². The highest BCUT2D eigenvalue weighted by atomic mass is 35.5. The molecule has 0 saturated carbocycles. The van der Waals surface area contributed by atoms with Gasteiger partial charge in [0.05, 0.1) is 0 Å². The van der Waals surface area contributed by atoms with Crippen molar-refractivity contribution in [2.24, 2.45) is 11.7 Å². The minimum Gasteiger partial charge on any atom is -0.378 e. The van der Waals surface area contributed by atoms with E-state index >= 15 is 0 Å². The molecule has 0 aliphatic carbocycles. The minimum atomic E-state index is 0. The van der Waals surface area contributed by atoms with Gasteiger partial charge in [-0.05, 0) is 37.0 Å². The summed E-state index contributed by atoms with van der Waals surface area (Å²) in [6.45, 7) is 3.55. The van der Waals surface area contributed by atoms with Crippen LogP contribution in [0.3, 0.4) is 0 Å². The standard InChI is InChI=1S/C16H25N3O.ClH/c1-12-6-5-9-19(15(12)11-17)16(20)13-7-4-8-14(10-13)18(2)3;/h4,7-8,10,12,15H,5-6,9,11,17H2,1-3H3;1H. The van der Waals surface area contributed by atoms with E-state index < -0.39 is 0 Å². The fourth-order valence-electron chi connectivity index (χ4n) is 2.94. The number of amides is 1. The van der Waals surface area contributed by atoms with Crippen LogP contribution in [0.15, 0.2) is 24.3 Å². The average molecular weight is 312 g/mol. The molecule has 4 nitrogen and oxygen atoms in total. The van der Waals surface area contributed by atoms with Crippen LogP contribution in [-0.2, 0) is 0 Å². The molecule has 1 saturated heterocycles. The molecule has 1 aromatic rings. The molecule has 2 unspecified atom stereocenters. The Morgan fingerprint density at radius 2 is 2.14 bits per heavy atom. The maximum atomic E-state index is 12.7. The van der Waals surface area contributed by atoms with Gasteiger partial charge in [-0.15, -0.1) is 12.4 Å². The molecule has 0 bridgehead atoms. The quantitative estimate of drug-likeness (QED) is 0.932. The van der Waals surface area contributed by atoms with Crippen molar-refractivity contribution in [2.75, 3.05) is 32.1 Å². The van der Waals surface area contributed by atoms with Crippen molar-refractivity contribution in [3.63, 3.8) is 0 Å². The van der Waals surface area contributed by atoms with Gasteiger partial charge in [-0.1, -0.05) is 13.0 Å². The van der Waals surface area contributed by atoms with Crippen molar-refractivity contribution >= 4 is 24.0 Å². The Kier molecular flexibility index (Phi) is 6.49. The highest BCUT2D eigenvalue weighted by Crippen LogP contribution is 2.25. The zero-order valence-electron chi connectivity index (χ0n) is 13.1. The number of benzene rings is 1. The van der Waals surface area contributed by atoms with Crippen LogP contribution < -0.4 is 10.6 Å². The molecule has 2 atom stereocenters. The summed E-state index contributed by atoms with van der Waals surface area (Å²) in [5, 5.41) is 0. The highest BCUT2D eigenvalue weighted by molar-refractivity contribution is 5.95. The first-order valence-electron chi connectivity index (χ1n) is 7.33. The number of carbonyl (C=O) groups is 1. The summed E-state index contributed by atoms with van der Waals surface area (Å²) in [7, 11) is 3.96. The second-order valence-corrected chi connectivity index (χ2v) is 5.87. The summed E-state index contributed by atoms with van der Waals surface area (Å²) >= 11 is 0. The van der Waals surface area contributed by atoms with Gasteiger partial charge in [-0.2, -0.15) is 0 Å². The number of halogens is 1. The Morgan fingerprint density at radius 1 is 1.43 bits per heavy atom. The Labute approximate surface area is 133 Å². The van der Waals surface area contributed by atoms with Gasteiger partial charge in [0, 0.05) is 44.5 Å². The number of rotatable bonds is 3. The van der Waals surface area contributed by atoms with Crippen LogP contribution in [0.4, 0.5) is 5.69 Å². The molecule has 2 rings (SSSR count). The van der Waals surface area contributed by atoms with E-state index in [-0.39, 0.29) is 24.4 Å². The first kappa shape index (κ1) is 17.8. The molecule has 2 N–H and O–H groups in total. The molecule has 0 radical (unpaired) electrons. The minimum absolute atomic E-state index is 0. The third-order valence-electron chi connectivity index (χ3n) is 4.23. The Balaban J connectivity index is 0.00000220. The van der Waals surface area contributed by atoms with Crippen molar-refractivity contribution in [3.8, 4) is 0 Å². The molecule has 21 heavy (non-hydrogen) atoms. The van der Waals surface area contributed by atoms with Crippen LogP contribution in [0.25, 0.3) is 0 Å². The fraction of sp³-hybridized carbons (Fsp3) is 0.562. The second kappa shape index (κ2) is 7.66. The summed E-state index contributed by atoms with van der Waals surface area (Å²) < 4.78 is 0. The lowest BCUT2D eigenvalue weighted by molar-refractivity contribution is 0.0532. The normalized spacial score (nSPS) is 21.6. The molecule has 1 heterocycles. The third kappa shape index (κ3) is 3.89. The van der Waals surface area contributed by atoms with Gasteiger partial charge < -0.3 is 15.5 Å². The van der Waals surface area contributed by atoms with Crippen molar-refractivity contribution in [1.29, 1.82) is 0 Å². The van der Waals surface area contributed by atoms with Gasteiger partial charge in [0.25, 0.3) is 5.91 Å². The average Bonchev–Trinajstić information content (AvgIpc) is 2.46. The number of piperidine rings is 1. The number of likely N-dealkylation sites (tertiary alicyclic amines) is 1. The summed E-state index contributed by atoms with van der Waals surface area (Å²) in [4.78, 5) is 16.7. The monoisotopic (exact) mass is 311 g/mol. The molecular formula is C16H26ClN3O. The smallest absolute Gasteiger partial charge is 0.254 e. The van der Waals surface area contributed by atoms with E-state index in [0.717, 1.165) is 30.6 Å². The zero-order valence-corrected chi connectivity index (χ0v) is 13.9. The summed E-state index contributed by atoms with van der Waals surface area (Å²) in [6, 6.07) is 7.96. The summed E-state index contributed by atoms with van der Waals surface area (Å²) in [6.07, 6.45) is 2.22. The van der Waals surface area contributed by atoms with Crippen LogP contribution in [0.2, 0.25) is 0 Å². The van der Waals surface area contributed by atoms with Gasteiger partial charge in [0.1, 0.15) is 0 Å². The van der Waals surface area contributed by atoms with Crippen molar-refractivity contribution in [2.45, 2.75) is 25.8 Å². The molecule has 0 spiro atoms. The van der Waals surface area contributed by atoms with Crippen LogP contribution in [0, 0.1) is 5.92 Å². The molecule has 1 amide bonds. The molecule has 0 aromatic heterocycles. The van der Waals surface area contributed by atoms with Gasteiger partial charge in [-0.25, -0.2) is 0 Å². The highest BCUT2D eigenvalue weighted by Gasteiger charge is 2.31.